The summed E-state index contributed by atoms with van der Waals surface area (Å²) in [5, 5.41) is 14.1. The molecule has 0 amide bonds. The number of anilines is 1. The normalized spacial score (nSPS) is 13.0. The average Bonchev–Trinajstić information content (AvgIpc) is 3.02. The topological polar surface area (TPSA) is 127 Å². The summed E-state index contributed by atoms with van der Waals surface area (Å²) in [5.41, 5.74) is 3.64. The van der Waals surface area contributed by atoms with Gasteiger partial charge in [0.15, 0.2) is 11.2 Å². The maximum absolute atomic E-state index is 12.3. The summed E-state index contributed by atoms with van der Waals surface area (Å²) in [6.07, 6.45) is -0.735. The van der Waals surface area contributed by atoms with Crippen molar-refractivity contribution in [3.63, 3.8) is 0 Å². The van der Waals surface area contributed by atoms with E-state index >= 15 is 0 Å². The van der Waals surface area contributed by atoms with Gasteiger partial charge in [-0.2, -0.15) is 10.1 Å². The third kappa shape index (κ3) is 3.67. The monoisotopic (exact) mass is 386 g/mol. The Morgan fingerprint density at radius 1 is 1.36 bits per heavy atom. The molecular formula is C18H22N6O4. The summed E-state index contributed by atoms with van der Waals surface area (Å²) in [6, 6.07) is 7.39. The number of imidazole rings is 1. The van der Waals surface area contributed by atoms with E-state index < -0.39 is 17.4 Å². The molecule has 0 aliphatic carbocycles. The van der Waals surface area contributed by atoms with Crippen LogP contribution >= 0.6 is 0 Å². The first-order valence-corrected chi connectivity index (χ1v) is 8.64. The first kappa shape index (κ1) is 19.4. The summed E-state index contributed by atoms with van der Waals surface area (Å²) in [4.78, 5) is 30.7. The molecule has 3 aromatic rings. The summed E-state index contributed by atoms with van der Waals surface area (Å²) in [7, 11) is 3.11. The molecule has 0 aliphatic heterocycles. The number of aliphatic hydroxyl groups excluding tert-OH is 1. The molecule has 0 saturated heterocycles. The third-order valence-electron chi connectivity index (χ3n) is 4.29. The van der Waals surface area contributed by atoms with Crippen molar-refractivity contribution in [3.8, 4) is 5.75 Å². The van der Waals surface area contributed by atoms with Gasteiger partial charge in [-0.15, -0.1) is 0 Å². The standard InChI is InChI=1S/C18H22N6O4/c1-10(25)9-24-14-15(23(3)18(27)20-16(14)26)19-17(24)22-21-11(2)12-5-7-13(28-4)8-6-12/h5-8,10,25H,9H2,1-4H3,(H,19,22)(H,20,26,27)/b21-11-/t10-/m1/s1. The summed E-state index contributed by atoms with van der Waals surface area (Å²) in [5.74, 6) is 0.985. The number of hydrazone groups is 1. The highest BCUT2D eigenvalue weighted by Gasteiger charge is 2.18. The van der Waals surface area contributed by atoms with E-state index in [1.807, 2.05) is 31.2 Å². The number of fused-ring (bicyclic) bond motifs is 1. The Morgan fingerprint density at radius 2 is 2.04 bits per heavy atom. The first-order valence-electron chi connectivity index (χ1n) is 8.64. The number of aliphatic hydroxyl groups is 1. The van der Waals surface area contributed by atoms with E-state index in [2.05, 4.69) is 20.5 Å². The number of ether oxygens (including phenoxy) is 1. The van der Waals surface area contributed by atoms with Crippen LogP contribution in [0.1, 0.15) is 19.4 Å². The van der Waals surface area contributed by atoms with Crippen LogP contribution in [-0.4, -0.2) is 43.1 Å². The molecule has 10 nitrogen and oxygen atoms in total. The zero-order valence-electron chi connectivity index (χ0n) is 16.1. The van der Waals surface area contributed by atoms with Gasteiger partial charge in [-0.05, 0) is 43.7 Å². The second-order valence-corrected chi connectivity index (χ2v) is 6.42. The molecule has 3 rings (SSSR count). The number of methoxy groups -OCH3 is 1. The molecule has 28 heavy (non-hydrogen) atoms. The molecule has 3 N–H and O–H groups in total. The average molecular weight is 386 g/mol. The van der Waals surface area contributed by atoms with Gasteiger partial charge in [0.2, 0.25) is 5.95 Å². The van der Waals surface area contributed by atoms with Crippen molar-refractivity contribution in [3.05, 3.63) is 50.7 Å². The van der Waals surface area contributed by atoms with Crippen LogP contribution in [0.3, 0.4) is 0 Å². The van der Waals surface area contributed by atoms with Gasteiger partial charge in [0, 0.05) is 7.05 Å². The summed E-state index contributed by atoms with van der Waals surface area (Å²) >= 11 is 0. The molecule has 1 aromatic carbocycles. The van der Waals surface area contributed by atoms with Crippen molar-refractivity contribution in [2.24, 2.45) is 12.1 Å². The Kier molecular flexibility index (Phi) is 5.32. The maximum Gasteiger partial charge on any atom is 0.329 e. The second-order valence-electron chi connectivity index (χ2n) is 6.42. The molecule has 10 heteroatoms. The van der Waals surface area contributed by atoms with Crippen LogP contribution in [0, 0.1) is 0 Å². The van der Waals surface area contributed by atoms with Crippen LogP contribution in [0.15, 0.2) is 39.0 Å². The quantitative estimate of drug-likeness (QED) is 0.422. The van der Waals surface area contributed by atoms with Crippen molar-refractivity contribution in [1.29, 1.82) is 0 Å². The van der Waals surface area contributed by atoms with Crippen LogP contribution in [0.4, 0.5) is 5.95 Å². The highest BCUT2D eigenvalue weighted by molar-refractivity contribution is 5.99. The van der Waals surface area contributed by atoms with Crippen LogP contribution in [0.2, 0.25) is 0 Å². The van der Waals surface area contributed by atoms with E-state index in [1.165, 1.54) is 16.2 Å². The number of hydrogen-bond donors (Lipinski definition) is 3. The minimum Gasteiger partial charge on any atom is -0.497 e. The Bertz CT molecular complexity index is 1140. The van der Waals surface area contributed by atoms with Gasteiger partial charge < -0.3 is 14.4 Å². The molecule has 2 aromatic heterocycles. The maximum atomic E-state index is 12.3. The summed E-state index contributed by atoms with van der Waals surface area (Å²) in [6.45, 7) is 3.52. The Hall–Kier alpha value is -3.40. The molecule has 0 saturated carbocycles. The SMILES string of the molecule is COc1ccc(/C(C)=N\Nc2nc3c(c(=O)[nH]c(=O)n3C)n2C[C@@H](C)O)cc1. The fourth-order valence-electron chi connectivity index (χ4n) is 2.79. The molecule has 148 valence electrons. The van der Waals surface area contributed by atoms with Gasteiger partial charge >= 0.3 is 5.69 Å². The van der Waals surface area contributed by atoms with E-state index in [0.29, 0.717) is 5.71 Å². The van der Waals surface area contributed by atoms with Gasteiger partial charge in [-0.25, -0.2) is 10.2 Å². The van der Waals surface area contributed by atoms with Gasteiger partial charge in [0.05, 0.1) is 25.5 Å². The predicted molar refractivity (Wildman–Crippen MR) is 106 cm³/mol. The number of nitrogens with one attached hydrogen (secondary N) is 2. The molecule has 1 atom stereocenters. The van der Waals surface area contributed by atoms with E-state index in [9.17, 15) is 14.7 Å². The molecule has 0 spiro atoms. The van der Waals surface area contributed by atoms with Crippen molar-refractivity contribution < 1.29 is 9.84 Å². The lowest BCUT2D eigenvalue weighted by Crippen LogP contribution is -2.29. The number of rotatable bonds is 6. The van der Waals surface area contributed by atoms with Gasteiger partial charge in [-0.1, -0.05) is 0 Å². The lowest BCUT2D eigenvalue weighted by atomic mass is 10.1. The number of aromatic amines is 1. The number of aryl methyl sites for hydroxylation is 1. The number of aromatic nitrogens is 4. The molecule has 0 unspecified atom stereocenters. The Morgan fingerprint density at radius 3 is 2.64 bits per heavy atom. The minimum absolute atomic E-state index is 0.108. The third-order valence-corrected chi connectivity index (χ3v) is 4.29. The fourth-order valence-corrected chi connectivity index (χ4v) is 2.79. The van der Waals surface area contributed by atoms with Crippen LogP contribution in [-0.2, 0) is 13.6 Å². The Labute approximate surface area is 160 Å². The molecule has 2 heterocycles. The number of nitrogens with zero attached hydrogens (tertiary/aromatic N) is 4. The van der Waals surface area contributed by atoms with Crippen molar-refractivity contribution >= 4 is 22.8 Å². The van der Waals surface area contributed by atoms with Crippen LogP contribution < -0.4 is 21.4 Å². The second kappa shape index (κ2) is 7.69. The van der Waals surface area contributed by atoms with E-state index in [0.717, 1.165) is 11.3 Å². The molecule has 0 radical (unpaired) electrons. The van der Waals surface area contributed by atoms with E-state index in [1.54, 1.807) is 14.0 Å². The highest BCUT2D eigenvalue weighted by Crippen LogP contribution is 2.17. The number of H-pyrrole nitrogens is 1. The molecule has 0 fully saturated rings. The zero-order chi connectivity index (χ0) is 20.4. The van der Waals surface area contributed by atoms with Crippen molar-refractivity contribution in [2.45, 2.75) is 26.5 Å². The number of benzene rings is 1. The van der Waals surface area contributed by atoms with E-state index in [4.69, 9.17) is 4.74 Å². The van der Waals surface area contributed by atoms with Crippen LogP contribution in [0.5, 0.6) is 5.75 Å². The predicted octanol–water partition coefficient (Wildman–Crippen LogP) is 0.649. The number of hydrogen-bond acceptors (Lipinski definition) is 7. The van der Waals surface area contributed by atoms with E-state index in [-0.39, 0.29) is 23.7 Å². The lowest BCUT2D eigenvalue weighted by Gasteiger charge is -2.10. The summed E-state index contributed by atoms with van der Waals surface area (Å²) < 4.78 is 7.88. The Balaban J connectivity index is 2.04. The minimum atomic E-state index is -0.735. The van der Waals surface area contributed by atoms with Gasteiger partial charge in [-0.3, -0.25) is 14.3 Å². The molecule has 0 bridgehead atoms. The molecule has 0 aliphatic rings. The van der Waals surface area contributed by atoms with Crippen LogP contribution in [0.25, 0.3) is 11.2 Å². The largest absolute Gasteiger partial charge is 0.497 e. The van der Waals surface area contributed by atoms with Crippen molar-refractivity contribution in [2.75, 3.05) is 12.5 Å². The first-order chi connectivity index (χ1) is 13.3. The van der Waals surface area contributed by atoms with Gasteiger partial charge in [0.1, 0.15) is 5.75 Å². The smallest absolute Gasteiger partial charge is 0.329 e. The highest BCUT2D eigenvalue weighted by atomic mass is 16.5. The molecular weight excluding hydrogens is 364 g/mol. The lowest BCUT2D eigenvalue weighted by molar-refractivity contribution is 0.175. The van der Waals surface area contributed by atoms with Gasteiger partial charge in [0.25, 0.3) is 5.56 Å². The zero-order valence-corrected chi connectivity index (χ0v) is 16.1. The fraction of sp³-hybridized carbons (Fsp3) is 0.333. The van der Waals surface area contributed by atoms with Crippen molar-refractivity contribution in [1.82, 2.24) is 19.1 Å².